The second kappa shape index (κ2) is 9.02. The monoisotopic (exact) mass is 519 g/mol. The maximum Gasteiger partial charge on any atom is 0.252 e. The van der Waals surface area contributed by atoms with Crippen molar-refractivity contribution in [2.45, 2.75) is 25.5 Å². The van der Waals surface area contributed by atoms with Crippen molar-refractivity contribution in [1.82, 2.24) is 33.8 Å². The van der Waals surface area contributed by atoms with Crippen LogP contribution in [0.25, 0.3) is 28.1 Å². The number of benzene rings is 2. The lowest BCUT2D eigenvalue weighted by atomic mass is 10.0. The maximum absolute atomic E-state index is 13.4. The molecule has 0 spiro atoms. The van der Waals surface area contributed by atoms with Crippen molar-refractivity contribution in [2.24, 2.45) is 0 Å². The van der Waals surface area contributed by atoms with Crippen molar-refractivity contribution < 1.29 is 5.11 Å². The Balaban J connectivity index is 1.39. The molecule has 0 amide bonds. The van der Waals surface area contributed by atoms with Gasteiger partial charge in [-0.25, -0.2) is 9.07 Å². The van der Waals surface area contributed by atoms with Crippen molar-refractivity contribution >= 4 is 23.4 Å². The van der Waals surface area contributed by atoms with Gasteiger partial charge in [-0.1, -0.05) is 35.9 Å². The van der Waals surface area contributed by atoms with E-state index >= 15 is 0 Å². The number of aryl methyl sites for hydroxylation is 1. The first kappa shape index (κ1) is 22.7. The quantitative estimate of drug-likeness (QED) is 0.375. The minimum atomic E-state index is -0.289. The molecule has 0 saturated carbocycles. The molecule has 5 aromatic rings. The van der Waals surface area contributed by atoms with Gasteiger partial charge >= 0.3 is 0 Å². The van der Waals surface area contributed by atoms with Crippen molar-refractivity contribution in [3.8, 4) is 28.1 Å². The van der Waals surface area contributed by atoms with Crippen LogP contribution in [0.3, 0.4) is 0 Å². The van der Waals surface area contributed by atoms with Gasteiger partial charge in [-0.2, -0.15) is 4.68 Å². The first-order valence-corrected chi connectivity index (χ1v) is 12.0. The Morgan fingerprint density at radius 2 is 1.89 bits per heavy atom. The van der Waals surface area contributed by atoms with Gasteiger partial charge in [-0.3, -0.25) is 4.79 Å². The molecule has 1 aliphatic heterocycles. The van der Waals surface area contributed by atoms with Crippen LogP contribution in [0.2, 0.25) is 5.02 Å². The number of fused-ring (bicyclic) bond motifs is 1. The Bertz CT molecular complexity index is 1630. The number of aromatic nitrogens is 7. The van der Waals surface area contributed by atoms with Crippen molar-refractivity contribution in [3.63, 3.8) is 0 Å². The summed E-state index contributed by atoms with van der Waals surface area (Å²) < 4.78 is 4.81. The van der Waals surface area contributed by atoms with E-state index in [0.717, 1.165) is 39.3 Å². The van der Waals surface area contributed by atoms with E-state index in [1.807, 2.05) is 36.4 Å². The zero-order valence-electron chi connectivity index (χ0n) is 18.8. The number of tetrazole rings is 1. The largest absolute Gasteiger partial charge is 0.392 e. The number of hydrogen-bond donors (Lipinski definition) is 1. The second-order valence-corrected chi connectivity index (χ2v) is 9.33. The van der Waals surface area contributed by atoms with E-state index in [9.17, 15) is 9.90 Å². The predicted octanol–water partition coefficient (Wildman–Crippen LogP) is 4.04. The lowest BCUT2D eigenvalue weighted by Crippen LogP contribution is -2.24. The van der Waals surface area contributed by atoms with Crippen molar-refractivity contribution in [1.29, 1.82) is 0 Å². The summed E-state index contributed by atoms with van der Waals surface area (Å²) in [5.74, 6) is 0.601. The van der Waals surface area contributed by atoms with E-state index < -0.39 is 0 Å². The molecule has 9 nitrogen and oxygen atoms in total. The standard InChI is InChI=1S/C25H19Cl2N7O2/c26-18-5-7-21(32-14-29-30-31-32)20(11-18)17-9-19-6-8-22(33(19)24(36)10-17)25-28-12-23(34(25)27)16-3-1-15(13-35)2-4-16/h1-5,7,9-12,14,22,35H,6,8,13H2/t22-/m0/s1. The number of hydrogen-bond acceptors (Lipinski definition) is 6. The molecule has 0 aliphatic carbocycles. The SMILES string of the molecule is O=c1cc(-c2cc(Cl)ccc2-n2cnnn2)cc2n1[C@H](c1ncc(-c3ccc(CO)cc3)n1Cl)CC2. The van der Waals surface area contributed by atoms with Gasteiger partial charge in [0.2, 0.25) is 0 Å². The maximum atomic E-state index is 13.4. The smallest absolute Gasteiger partial charge is 0.252 e. The summed E-state index contributed by atoms with van der Waals surface area (Å²) in [5.41, 5.74) is 5.35. The molecule has 6 rings (SSSR count). The third-order valence-corrected chi connectivity index (χ3v) is 7.05. The topological polar surface area (TPSA) is 104 Å². The van der Waals surface area contributed by atoms with Gasteiger partial charge in [0.15, 0.2) is 0 Å². The normalized spacial score (nSPS) is 14.8. The van der Waals surface area contributed by atoms with Crippen LogP contribution < -0.4 is 5.56 Å². The Kier molecular flexibility index (Phi) is 5.67. The van der Waals surface area contributed by atoms with Gasteiger partial charge in [-0.15, -0.1) is 5.10 Å². The van der Waals surface area contributed by atoms with Gasteiger partial charge < -0.3 is 9.67 Å². The molecule has 0 unspecified atom stereocenters. The average molecular weight is 520 g/mol. The number of pyridine rings is 1. The average Bonchev–Trinajstić information content (AvgIpc) is 3.64. The number of imidazole rings is 1. The number of aliphatic hydroxyl groups excluding tert-OH is 1. The molecule has 11 heteroatoms. The summed E-state index contributed by atoms with van der Waals surface area (Å²) in [6.45, 7) is -0.0260. The van der Waals surface area contributed by atoms with Crippen LogP contribution in [-0.4, -0.2) is 39.0 Å². The molecule has 0 fully saturated rings. The van der Waals surface area contributed by atoms with Crippen LogP contribution in [0.1, 0.15) is 29.5 Å². The highest BCUT2D eigenvalue weighted by atomic mass is 35.5. The lowest BCUT2D eigenvalue weighted by Gasteiger charge is -2.16. The van der Waals surface area contributed by atoms with Crippen LogP contribution in [0.4, 0.5) is 0 Å². The zero-order chi connectivity index (χ0) is 24.8. The third-order valence-electron chi connectivity index (χ3n) is 6.46. The van der Waals surface area contributed by atoms with Crippen LogP contribution in [-0.2, 0) is 13.0 Å². The summed E-state index contributed by atoms with van der Waals surface area (Å²) in [4.78, 5) is 18.0. The molecule has 3 aromatic heterocycles. The van der Waals surface area contributed by atoms with Crippen molar-refractivity contribution in [2.75, 3.05) is 0 Å². The Morgan fingerprint density at radius 3 is 2.64 bits per heavy atom. The fourth-order valence-corrected chi connectivity index (χ4v) is 5.21. The summed E-state index contributed by atoms with van der Waals surface area (Å²) in [7, 11) is 0. The molecule has 0 bridgehead atoms. The molecule has 1 N–H and O–H groups in total. The molecule has 36 heavy (non-hydrogen) atoms. The summed E-state index contributed by atoms with van der Waals surface area (Å²) in [6, 6.07) is 16.1. The minimum absolute atomic E-state index is 0.0260. The minimum Gasteiger partial charge on any atom is -0.392 e. The molecule has 0 saturated heterocycles. The highest BCUT2D eigenvalue weighted by Gasteiger charge is 2.30. The molecule has 2 aromatic carbocycles. The van der Waals surface area contributed by atoms with Crippen LogP contribution in [0, 0.1) is 0 Å². The molecule has 4 heterocycles. The van der Waals surface area contributed by atoms with Gasteiger partial charge in [0, 0.05) is 39.7 Å². The number of aliphatic hydroxyl groups is 1. The Hall–Kier alpha value is -3.79. The highest BCUT2D eigenvalue weighted by molar-refractivity contribution is 6.31. The Morgan fingerprint density at radius 1 is 1.06 bits per heavy atom. The fraction of sp³-hybridized carbons (Fsp3) is 0.160. The highest BCUT2D eigenvalue weighted by Crippen LogP contribution is 2.36. The molecule has 180 valence electrons. The van der Waals surface area contributed by atoms with Crippen LogP contribution in [0.5, 0.6) is 0 Å². The van der Waals surface area contributed by atoms with Crippen molar-refractivity contribution in [3.05, 3.63) is 99.6 Å². The summed E-state index contributed by atoms with van der Waals surface area (Å²) in [6.07, 6.45) is 4.59. The van der Waals surface area contributed by atoms with Gasteiger partial charge in [-0.05, 0) is 58.7 Å². The van der Waals surface area contributed by atoms with Gasteiger partial charge in [0.1, 0.15) is 12.2 Å². The molecular formula is C25H19Cl2N7O2. The first-order valence-electron chi connectivity index (χ1n) is 11.3. The third kappa shape index (κ3) is 3.81. The fourth-order valence-electron chi connectivity index (χ4n) is 4.74. The van der Waals surface area contributed by atoms with Gasteiger partial charge in [0.25, 0.3) is 5.56 Å². The van der Waals surface area contributed by atoms with E-state index in [1.54, 1.807) is 29.0 Å². The first-order chi connectivity index (χ1) is 17.5. The van der Waals surface area contributed by atoms with E-state index in [0.29, 0.717) is 23.7 Å². The summed E-state index contributed by atoms with van der Waals surface area (Å²) in [5, 5.41) is 21.3. The van der Waals surface area contributed by atoms with Gasteiger partial charge in [0.05, 0.1) is 30.2 Å². The predicted molar refractivity (Wildman–Crippen MR) is 135 cm³/mol. The second-order valence-electron chi connectivity index (χ2n) is 8.55. The molecule has 0 radical (unpaired) electrons. The summed E-state index contributed by atoms with van der Waals surface area (Å²) >= 11 is 13.0. The van der Waals surface area contributed by atoms with E-state index in [1.165, 1.54) is 15.1 Å². The van der Waals surface area contributed by atoms with Crippen LogP contribution in [0.15, 0.2) is 71.9 Å². The molecule has 1 aliphatic rings. The van der Waals surface area contributed by atoms with Crippen LogP contribution >= 0.6 is 23.4 Å². The number of halogens is 2. The number of rotatable bonds is 5. The van der Waals surface area contributed by atoms with E-state index in [2.05, 4.69) is 20.5 Å². The van der Waals surface area contributed by atoms with E-state index in [4.69, 9.17) is 23.4 Å². The molecule has 1 atom stereocenters. The zero-order valence-corrected chi connectivity index (χ0v) is 20.3. The lowest BCUT2D eigenvalue weighted by molar-refractivity contribution is 0.282. The molecular weight excluding hydrogens is 501 g/mol. The van der Waals surface area contributed by atoms with E-state index in [-0.39, 0.29) is 18.2 Å². The Labute approximate surface area is 215 Å². The number of nitrogens with zero attached hydrogens (tertiary/aromatic N) is 7.